The van der Waals surface area contributed by atoms with Gasteiger partial charge in [-0.05, 0) is 36.6 Å². The van der Waals surface area contributed by atoms with Crippen molar-refractivity contribution in [3.8, 4) is 5.75 Å². The van der Waals surface area contributed by atoms with E-state index < -0.39 is 10.4 Å². The number of benzene rings is 1. The van der Waals surface area contributed by atoms with E-state index >= 15 is 0 Å². The normalized spacial score (nSPS) is 14.4. The van der Waals surface area contributed by atoms with Crippen LogP contribution in [-0.4, -0.2) is 74.8 Å². The molecule has 1 saturated heterocycles. The second kappa shape index (κ2) is 16.4. The van der Waals surface area contributed by atoms with Crippen LogP contribution in [0.4, 0.5) is 11.8 Å². The Morgan fingerprint density at radius 2 is 1.95 bits per heavy atom. The third-order valence-electron chi connectivity index (χ3n) is 5.57. The van der Waals surface area contributed by atoms with Gasteiger partial charge in [0.15, 0.2) is 0 Å². The maximum atomic E-state index is 13.0. The van der Waals surface area contributed by atoms with Crippen LogP contribution in [-0.2, 0) is 23.5 Å². The number of aliphatic hydroxyl groups is 1. The van der Waals surface area contributed by atoms with Crippen molar-refractivity contribution >= 4 is 39.7 Å². The summed E-state index contributed by atoms with van der Waals surface area (Å²) in [6, 6.07) is 7.14. The van der Waals surface area contributed by atoms with E-state index in [4.69, 9.17) is 33.9 Å². The third-order valence-corrected chi connectivity index (χ3v) is 5.86. The summed E-state index contributed by atoms with van der Waals surface area (Å²) in [5.41, 5.74) is 1.18. The minimum atomic E-state index is -4.92. The first-order valence-electron chi connectivity index (χ1n) is 11.6. The molecule has 1 atom stereocenters. The van der Waals surface area contributed by atoms with Crippen molar-refractivity contribution in [2.24, 2.45) is 0 Å². The van der Waals surface area contributed by atoms with Gasteiger partial charge >= 0.3 is 51.4 Å². The summed E-state index contributed by atoms with van der Waals surface area (Å²) in [7, 11) is -3.36. The smallest absolute Gasteiger partial charge is 0.726 e. The molecular weight excluding hydrogens is 593 g/mol. The van der Waals surface area contributed by atoms with Gasteiger partial charge in [-0.15, -0.1) is 0 Å². The van der Waals surface area contributed by atoms with Crippen molar-refractivity contribution in [1.82, 2.24) is 25.3 Å². The molecule has 210 valence electrons. The topological polar surface area (TPSA) is 203 Å². The monoisotopic (exact) mass is 619 g/mol. The van der Waals surface area contributed by atoms with Gasteiger partial charge in [0.05, 0.1) is 31.3 Å². The van der Waals surface area contributed by atoms with Crippen molar-refractivity contribution in [1.29, 1.82) is 0 Å². The third kappa shape index (κ3) is 10.8. The van der Waals surface area contributed by atoms with E-state index in [-0.39, 0.29) is 76.5 Å². The molecule has 0 bridgehead atoms. The van der Waals surface area contributed by atoms with E-state index in [0.29, 0.717) is 40.5 Å². The fourth-order valence-electron chi connectivity index (χ4n) is 3.78. The van der Waals surface area contributed by atoms with Crippen molar-refractivity contribution in [2.45, 2.75) is 32.0 Å². The number of ether oxygens (including phenoxy) is 1. The standard InChI is InChI=1S/C23H26ClN7O3.K.H2O4S/c1-34-19-6-5-15(10-18(19)24)11-27-21-17(22(33)28-13-20-25-7-3-8-26-20)12-29-23(30-21)31-9-2-4-16(31)14-32;;1-5(2,3)4/h3,5-8,10,12,16,32H,2,4,9,11,13-14H2,1H3,(H,28,33)(H,27,29,30);;(H2,1,2,3,4)/q;+1;/p-1. The molecule has 1 aliphatic rings. The van der Waals surface area contributed by atoms with E-state index in [1.165, 1.54) is 6.20 Å². The Hall–Kier alpha value is -1.99. The zero-order valence-corrected chi connectivity index (χ0v) is 26.5. The largest absolute Gasteiger partial charge is 1.00 e. The Morgan fingerprint density at radius 3 is 2.58 bits per heavy atom. The van der Waals surface area contributed by atoms with Gasteiger partial charge in [-0.1, -0.05) is 17.7 Å². The molecule has 0 spiro atoms. The van der Waals surface area contributed by atoms with Crippen LogP contribution in [0.15, 0.2) is 42.9 Å². The van der Waals surface area contributed by atoms with E-state index in [1.807, 2.05) is 11.0 Å². The first-order chi connectivity index (χ1) is 18.6. The fourth-order valence-corrected chi connectivity index (χ4v) is 4.06. The molecule has 1 aliphatic heterocycles. The summed E-state index contributed by atoms with van der Waals surface area (Å²) in [5, 5.41) is 16.2. The quantitative estimate of drug-likeness (QED) is 0.122. The van der Waals surface area contributed by atoms with Crippen LogP contribution in [0.3, 0.4) is 0 Å². The van der Waals surface area contributed by atoms with Gasteiger partial charge in [0.25, 0.3) is 5.91 Å². The van der Waals surface area contributed by atoms with Gasteiger partial charge in [0, 0.05) is 31.7 Å². The zero-order valence-electron chi connectivity index (χ0n) is 21.8. The van der Waals surface area contributed by atoms with Gasteiger partial charge in [-0.3, -0.25) is 9.35 Å². The average Bonchev–Trinajstić information content (AvgIpc) is 3.39. The molecule has 4 rings (SSSR count). The van der Waals surface area contributed by atoms with Crippen LogP contribution in [0.25, 0.3) is 0 Å². The number of amides is 1. The summed E-state index contributed by atoms with van der Waals surface area (Å²) in [5.74, 6) is 1.58. The van der Waals surface area contributed by atoms with Gasteiger partial charge < -0.3 is 29.9 Å². The number of carbonyl (C=O) groups excluding carboxylic acids is 1. The van der Waals surface area contributed by atoms with Gasteiger partial charge in [-0.25, -0.2) is 23.4 Å². The van der Waals surface area contributed by atoms with Crippen LogP contribution >= 0.6 is 11.6 Å². The Balaban J connectivity index is 0.000000858. The molecule has 1 amide bonds. The molecule has 1 fully saturated rings. The van der Waals surface area contributed by atoms with Crippen LogP contribution in [0.2, 0.25) is 5.02 Å². The van der Waals surface area contributed by atoms with Crippen molar-refractivity contribution in [3.63, 3.8) is 0 Å². The number of methoxy groups -OCH3 is 1. The van der Waals surface area contributed by atoms with E-state index in [9.17, 15) is 9.90 Å². The summed E-state index contributed by atoms with van der Waals surface area (Å²) >= 11 is 6.25. The second-order valence-electron chi connectivity index (χ2n) is 8.20. The number of hydrogen-bond acceptors (Lipinski definition) is 12. The predicted molar refractivity (Wildman–Crippen MR) is 140 cm³/mol. The Kier molecular flexibility index (Phi) is 14.1. The first kappa shape index (κ1) is 34.2. The minimum absolute atomic E-state index is 0. The number of anilines is 2. The number of nitrogens with zero attached hydrogens (tertiary/aromatic N) is 5. The molecule has 40 heavy (non-hydrogen) atoms. The first-order valence-corrected chi connectivity index (χ1v) is 13.4. The van der Waals surface area contributed by atoms with E-state index in [1.54, 1.807) is 37.7 Å². The molecule has 4 N–H and O–H groups in total. The van der Waals surface area contributed by atoms with Crippen LogP contribution in [0, 0.1) is 0 Å². The van der Waals surface area contributed by atoms with Crippen molar-refractivity contribution < 1.29 is 83.5 Å². The summed E-state index contributed by atoms with van der Waals surface area (Å²) in [6.07, 6.45) is 6.55. The average molecular weight is 620 g/mol. The molecule has 3 heterocycles. The number of rotatable bonds is 9. The molecule has 0 saturated carbocycles. The Bertz CT molecular complexity index is 1360. The molecule has 14 nitrogen and oxygen atoms in total. The minimum Gasteiger partial charge on any atom is -0.726 e. The van der Waals surface area contributed by atoms with E-state index in [0.717, 1.165) is 24.9 Å². The summed E-state index contributed by atoms with van der Waals surface area (Å²) in [6.45, 7) is 1.32. The van der Waals surface area contributed by atoms with Gasteiger partial charge in [0.1, 0.15) is 23.0 Å². The predicted octanol–water partition coefficient (Wildman–Crippen LogP) is -1.56. The number of hydrogen-bond donors (Lipinski definition) is 4. The van der Waals surface area contributed by atoms with Gasteiger partial charge in [0.2, 0.25) is 16.3 Å². The Labute approximate surface area is 278 Å². The second-order valence-corrected chi connectivity index (χ2v) is 9.46. The SMILES string of the molecule is COc1ccc(CNc2nc(N3CCCC3CO)ncc2C(=O)NCc2ncccn2)cc1Cl.O=S(=O)([O-])O.[K+]. The van der Waals surface area contributed by atoms with Crippen LogP contribution in [0.5, 0.6) is 5.75 Å². The molecular formula is C23H27ClKN7O7S. The molecule has 1 aromatic carbocycles. The van der Waals surface area contributed by atoms with E-state index in [2.05, 4.69) is 30.6 Å². The molecule has 2 aromatic heterocycles. The molecule has 0 aliphatic carbocycles. The number of halogens is 1. The van der Waals surface area contributed by atoms with Crippen molar-refractivity contribution in [3.05, 3.63) is 64.8 Å². The molecule has 3 aromatic rings. The summed E-state index contributed by atoms with van der Waals surface area (Å²) in [4.78, 5) is 32.2. The number of nitrogens with one attached hydrogen (secondary N) is 2. The summed E-state index contributed by atoms with van der Waals surface area (Å²) < 4.78 is 38.0. The molecule has 0 radical (unpaired) electrons. The molecule has 1 unspecified atom stereocenters. The molecule has 17 heteroatoms. The van der Waals surface area contributed by atoms with Crippen LogP contribution < -0.4 is 71.7 Å². The number of aliphatic hydroxyl groups excluding tert-OH is 1. The number of carbonyl (C=O) groups is 1. The Morgan fingerprint density at radius 1 is 1.25 bits per heavy atom. The zero-order chi connectivity index (χ0) is 28.4. The van der Waals surface area contributed by atoms with Crippen molar-refractivity contribution in [2.75, 3.05) is 30.5 Å². The maximum Gasteiger partial charge on any atom is 1.00 e. The maximum absolute atomic E-state index is 13.0. The fraction of sp³-hybridized carbons (Fsp3) is 0.348. The van der Waals surface area contributed by atoms with Gasteiger partial charge in [-0.2, -0.15) is 4.98 Å². The van der Waals surface area contributed by atoms with Crippen LogP contribution in [0.1, 0.15) is 34.6 Å². The number of aromatic nitrogens is 4.